The molecule has 0 saturated heterocycles. The Balaban J connectivity index is 2.63. The molecule has 2 aromatic rings. The number of hydrogen-bond acceptors (Lipinski definition) is 4. The van der Waals surface area contributed by atoms with Gasteiger partial charge in [0.25, 0.3) is 15.2 Å². The van der Waals surface area contributed by atoms with Crippen molar-refractivity contribution >= 4 is 26.0 Å². The van der Waals surface area contributed by atoms with E-state index in [0.29, 0.717) is 17.9 Å². The predicted molar refractivity (Wildman–Crippen MR) is 70.2 cm³/mol. The van der Waals surface area contributed by atoms with Crippen LogP contribution < -0.4 is 5.14 Å². The molecule has 0 amide bonds. The molecule has 1 aromatic carbocycles. The van der Waals surface area contributed by atoms with Gasteiger partial charge in [-0.3, -0.25) is 4.57 Å². The number of rotatable bonds is 3. The average Bonchev–Trinajstić information content (AvgIpc) is 2.76. The molecule has 1 heterocycles. The highest BCUT2D eigenvalue weighted by Gasteiger charge is 2.21. The Hall–Kier alpha value is -1.32. The van der Waals surface area contributed by atoms with E-state index < -0.39 is 15.8 Å². The molecule has 2 rings (SSSR count). The second-order valence-electron chi connectivity index (χ2n) is 3.72. The molecule has 0 fully saturated rings. The van der Waals surface area contributed by atoms with Crippen LogP contribution in [0.25, 0.3) is 11.4 Å². The summed E-state index contributed by atoms with van der Waals surface area (Å²) in [6.07, 6.45) is 0. The van der Waals surface area contributed by atoms with Gasteiger partial charge >= 0.3 is 0 Å². The van der Waals surface area contributed by atoms with Crippen LogP contribution in [-0.4, -0.2) is 23.2 Å². The van der Waals surface area contributed by atoms with Gasteiger partial charge in [0.15, 0.2) is 5.82 Å². The number of benzene rings is 1. The molecule has 19 heavy (non-hydrogen) atoms. The fourth-order valence-electron chi connectivity index (χ4n) is 1.63. The van der Waals surface area contributed by atoms with E-state index in [9.17, 15) is 12.8 Å². The van der Waals surface area contributed by atoms with Gasteiger partial charge in [-0.1, -0.05) is 0 Å². The first-order valence-corrected chi connectivity index (χ1v) is 7.60. The summed E-state index contributed by atoms with van der Waals surface area (Å²) in [7, 11) is -3.95. The van der Waals surface area contributed by atoms with Crippen molar-refractivity contribution in [2.45, 2.75) is 18.6 Å². The summed E-state index contributed by atoms with van der Waals surface area (Å²) in [6.45, 7) is 2.06. The molecular formula is C10H10BrFN4O2S. The fraction of sp³-hybridized carbons (Fsp3) is 0.200. The second-order valence-corrected chi connectivity index (χ2v) is 6.03. The highest BCUT2D eigenvalue weighted by molar-refractivity contribution is 9.10. The minimum atomic E-state index is -3.95. The lowest BCUT2D eigenvalue weighted by Crippen LogP contribution is -2.18. The van der Waals surface area contributed by atoms with Crippen LogP contribution >= 0.6 is 15.9 Å². The Morgan fingerprint density at radius 3 is 2.63 bits per heavy atom. The van der Waals surface area contributed by atoms with Crippen LogP contribution in [0.4, 0.5) is 4.39 Å². The van der Waals surface area contributed by atoms with E-state index in [1.807, 2.05) is 0 Å². The molecule has 2 N–H and O–H groups in total. The van der Waals surface area contributed by atoms with E-state index >= 15 is 0 Å². The van der Waals surface area contributed by atoms with Crippen molar-refractivity contribution in [3.05, 3.63) is 28.5 Å². The number of nitrogens with zero attached hydrogens (tertiary/aromatic N) is 3. The second kappa shape index (κ2) is 4.99. The lowest BCUT2D eigenvalue weighted by atomic mass is 10.2. The third kappa shape index (κ3) is 2.67. The molecule has 1 aromatic heterocycles. The predicted octanol–water partition coefficient (Wildman–Crippen LogP) is 1.51. The lowest BCUT2D eigenvalue weighted by Gasteiger charge is -2.06. The molecule has 0 radical (unpaired) electrons. The highest BCUT2D eigenvalue weighted by atomic mass is 79.9. The van der Waals surface area contributed by atoms with Gasteiger partial charge in [-0.15, -0.1) is 10.2 Å². The standard InChI is InChI=1S/C10H10BrFN4O2S/c1-2-16-9(14-15-10(16)19(13,17)18)6-3-4-8(12)7(11)5-6/h3-5H,2H2,1H3,(H2,13,17,18). The fourth-order valence-corrected chi connectivity index (χ4v) is 2.69. The first kappa shape index (κ1) is 14.1. The zero-order valence-electron chi connectivity index (χ0n) is 9.84. The van der Waals surface area contributed by atoms with E-state index in [1.54, 1.807) is 6.92 Å². The van der Waals surface area contributed by atoms with Crippen LogP contribution in [0.15, 0.2) is 27.8 Å². The monoisotopic (exact) mass is 348 g/mol. The van der Waals surface area contributed by atoms with Crippen LogP contribution in [0, 0.1) is 5.82 Å². The number of sulfonamides is 1. The third-order valence-electron chi connectivity index (χ3n) is 2.47. The summed E-state index contributed by atoms with van der Waals surface area (Å²) in [6, 6.07) is 4.24. The van der Waals surface area contributed by atoms with Crippen molar-refractivity contribution in [2.24, 2.45) is 5.14 Å². The Labute approximate surface area is 117 Å². The normalized spacial score (nSPS) is 11.8. The Morgan fingerprint density at radius 2 is 2.11 bits per heavy atom. The van der Waals surface area contributed by atoms with Gasteiger partial charge in [0.05, 0.1) is 4.47 Å². The number of nitrogens with two attached hydrogens (primary N) is 1. The minimum Gasteiger partial charge on any atom is -0.297 e. The third-order valence-corrected chi connectivity index (χ3v) is 3.88. The first-order valence-electron chi connectivity index (χ1n) is 5.26. The molecule has 0 unspecified atom stereocenters. The molecule has 0 bridgehead atoms. The van der Waals surface area contributed by atoms with Gasteiger partial charge in [-0.2, -0.15) is 0 Å². The SMILES string of the molecule is CCn1c(-c2ccc(F)c(Br)c2)nnc1S(N)(=O)=O. The maximum atomic E-state index is 13.2. The van der Waals surface area contributed by atoms with Crippen molar-refractivity contribution in [2.75, 3.05) is 0 Å². The number of halogens is 2. The van der Waals surface area contributed by atoms with Gasteiger partial charge in [-0.05, 0) is 41.1 Å². The largest absolute Gasteiger partial charge is 0.297 e. The van der Waals surface area contributed by atoms with E-state index in [2.05, 4.69) is 26.1 Å². The summed E-state index contributed by atoms with van der Waals surface area (Å²) in [4.78, 5) is 0. The molecule has 0 aliphatic heterocycles. The smallest absolute Gasteiger partial charge is 0.273 e. The van der Waals surface area contributed by atoms with Gasteiger partial charge in [0, 0.05) is 12.1 Å². The number of hydrogen-bond donors (Lipinski definition) is 1. The summed E-state index contributed by atoms with van der Waals surface area (Å²) in [5, 5.41) is 12.1. The van der Waals surface area contributed by atoms with Crippen LogP contribution in [-0.2, 0) is 16.6 Å². The maximum absolute atomic E-state index is 13.2. The molecule has 0 atom stereocenters. The highest BCUT2D eigenvalue weighted by Crippen LogP contribution is 2.25. The molecule has 0 spiro atoms. The summed E-state index contributed by atoms with van der Waals surface area (Å²) >= 11 is 3.06. The van der Waals surface area contributed by atoms with E-state index in [0.717, 1.165) is 0 Å². The van der Waals surface area contributed by atoms with Crippen molar-refractivity contribution < 1.29 is 12.8 Å². The Bertz CT molecular complexity index is 729. The molecule has 102 valence electrons. The Morgan fingerprint density at radius 1 is 1.42 bits per heavy atom. The van der Waals surface area contributed by atoms with Crippen LogP contribution in [0.5, 0.6) is 0 Å². The average molecular weight is 349 g/mol. The lowest BCUT2D eigenvalue weighted by molar-refractivity contribution is 0.570. The molecule has 0 saturated carbocycles. The summed E-state index contributed by atoms with van der Waals surface area (Å²) < 4.78 is 37.5. The minimum absolute atomic E-state index is 0.257. The molecule has 0 aliphatic rings. The van der Waals surface area contributed by atoms with E-state index in [-0.39, 0.29) is 9.63 Å². The van der Waals surface area contributed by atoms with E-state index in [4.69, 9.17) is 5.14 Å². The zero-order valence-corrected chi connectivity index (χ0v) is 12.2. The van der Waals surface area contributed by atoms with Gasteiger partial charge in [-0.25, -0.2) is 17.9 Å². The molecule has 6 nitrogen and oxygen atoms in total. The molecular weight excluding hydrogens is 339 g/mol. The molecule has 0 aliphatic carbocycles. The summed E-state index contributed by atoms with van der Waals surface area (Å²) in [5.74, 6) is -0.106. The van der Waals surface area contributed by atoms with Crippen molar-refractivity contribution in [3.8, 4) is 11.4 Å². The van der Waals surface area contributed by atoms with Crippen LogP contribution in [0.1, 0.15) is 6.92 Å². The first-order chi connectivity index (χ1) is 8.84. The topological polar surface area (TPSA) is 90.9 Å². The maximum Gasteiger partial charge on any atom is 0.273 e. The number of aromatic nitrogens is 3. The molecule has 9 heteroatoms. The Kier molecular flexibility index (Phi) is 3.70. The van der Waals surface area contributed by atoms with Gasteiger partial charge < -0.3 is 0 Å². The summed E-state index contributed by atoms with van der Waals surface area (Å²) in [5.41, 5.74) is 0.539. The quantitative estimate of drug-likeness (QED) is 0.910. The van der Waals surface area contributed by atoms with Crippen molar-refractivity contribution in [1.82, 2.24) is 14.8 Å². The van der Waals surface area contributed by atoms with Crippen LogP contribution in [0.2, 0.25) is 0 Å². The van der Waals surface area contributed by atoms with E-state index in [1.165, 1.54) is 22.8 Å². The number of primary sulfonamides is 1. The van der Waals surface area contributed by atoms with Gasteiger partial charge in [0.1, 0.15) is 5.82 Å². The van der Waals surface area contributed by atoms with Crippen molar-refractivity contribution in [3.63, 3.8) is 0 Å². The zero-order chi connectivity index (χ0) is 14.2. The van der Waals surface area contributed by atoms with Gasteiger partial charge in [0.2, 0.25) is 0 Å². The van der Waals surface area contributed by atoms with Crippen molar-refractivity contribution in [1.29, 1.82) is 0 Å². The van der Waals surface area contributed by atoms with Crippen LogP contribution in [0.3, 0.4) is 0 Å².